The molecule has 0 aromatic heterocycles. The highest BCUT2D eigenvalue weighted by atomic mass is 16.5. The van der Waals surface area contributed by atoms with Gasteiger partial charge in [0.15, 0.2) is 0 Å². The van der Waals surface area contributed by atoms with Crippen molar-refractivity contribution < 1.29 is 19.4 Å². The standard InChI is InChI=1S/C24H38N2O4/c1-4-5-6-19-7-9-20(10-8-19)17-26-14-11-24(12-15-26)22(28)23(2,13-16-30-24)25-21(27)18-29-3/h7-10,22,28H,4-6,11-18H2,1-3H3,(H,25,27)/t22?,23-/m1/s1. The van der Waals surface area contributed by atoms with Crippen molar-refractivity contribution in [2.75, 3.05) is 33.4 Å². The van der Waals surface area contributed by atoms with Crippen LogP contribution in [0.25, 0.3) is 0 Å². The molecule has 2 heterocycles. The Kier molecular flexibility index (Phi) is 7.91. The zero-order valence-electron chi connectivity index (χ0n) is 18.8. The summed E-state index contributed by atoms with van der Waals surface area (Å²) < 4.78 is 11.1. The molecule has 2 atom stereocenters. The Morgan fingerprint density at radius 1 is 1.23 bits per heavy atom. The number of nitrogens with one attached hydrogen (secondary N) is 1. The van der Waals surface area contributed by atoms with E-state index in [1.165, 1.54) is 31.1 Å². The van der Waals surface area contributed by atoms with E-state index in [0.717, 1.165) is 38.9 Å². The van der Waals surface area contributed by atoms with Crippen molar-refractivity contribution in [3.8, 4) is 0 Å². The van der Waals surface area contributed by atoms with Crippen molar-refractivity contribution in [3.63, 3.8) is 0 Å². The number of hydrogen-bond donors (Lipinski definition) is 2. The number of ether oxygens (including phenoxy) is 2. The van der Waals surface area contributed by atoms with Crippen LogP contribution in [-0.4, -0.2) is 66.6 Å². The quantitative estimate of drug-likeness (QED) is 0.679. The van der Waals surface area contributed by atoms with E-state index in [4.69, 9.17) is 9.47 Å². The fourth-order valence-corrected chi connectivity index (χ4v) is 4.84. The minimum Gasteiger partial charge on any atom is -0.388 e. The molecule has 2 aliphatic heterocycles. The molecule has 2 saturated heterocycles. The van der Waals surface area contributed by atoms with Gasteiger partial charge in [-0.15, -0.1) is 0 Å². The van der Waals surface area contributed by atoms with Crippen molar-refractivity contribution in [1.29, 1.82) is 0 Å². The third-order valence-electron chi connectivity index (χ3n) is 6.76. The zero-order valence-corrected chi connectivity index (χ0v) is 18.8. The largest absolute Gasteiger partial charge is 0.388 e. The molecule has 0 radical (unpaired) electrons. The number of likely N-dealkylation sites (tertiary alicyclic amines) is 1. The predicted octanol–water partition coefficient (Wildman–Crippen LogP) is 2.67. The van der Waals surface area contributed by atoms with Crippen molar-refractivity contribution in [2.45, 2.75) is 76.2 Å². The summed E-state index contributed by atoms with van der Waals surface area (Å²) in [6.45, 7) is 7.35. The van der Waals surface area contributed by atoms with Crippen LogP contribution in [0.3, 0.4) is 0 Å². The number of aryl methyl sites for hydroxylation is 1. The predicted molar refractivity (Wildman–Crippen MR) is 117 cm³/mol. The molecule has 2 fully saturated rings. The molecule has 6 heteroatoms. The summed E-state index contributed by atoms with van der Waals surface area (Å²) in [5.41, 5.74) is 1.46. The highest BCUT2D eigenvalue weighted by Crippen LogP contribution is 2.40. The number of carbonyl (C=O) groups is 1. The first kappa shape index (κ1) is 23.2. The van der Waals surface area contributed by atoms with E-state index in [1.807, 2.05) is 6.92 Å². The van der Waals surface area contributed by atoms with Crippen molar-refractivity contribution >= 4 is 5.91 Å². The Morgan fingerprint density at radius 2 is 1.90 bits per heavy atom. The Bertz CT molecular complexity index is 685. The Morgan fingerprint density at radius 3 is 2.53 bits per heavy atom. The molecular formula is C24H38N2O4. The third kappa shape index (κ3) is 5.41. The summed E-state index contributed by atoms with van der Waals surface area (Å²) in [5.74, 6) is -0.198. The molecule has 0 aliphatic carbocycles. The van der Waals surface area contributed by atoms with Crippen LogP contribution in [0.5, 0.6) is 0 Å². The van der Waals surface area contributed by atoms with Gasteiger partial charge in [-0.05, 0) is 50.2 Å². The lowest BCUT2D eigenvalue weighted by molar-refractivity contribution is -0.208. The van der Waals surface area contributed by atoms with Gasteiger partial charge < -0.3 is 19.9 Å². The van der Waals surface area contributed by atoms with E-state index in [2.05, 4.69) is 41.4 Å². The van der Waals surface area contributed by atoms with Gasteiger partial charge in [0, 0.05) is 33.4 Å². The molecule has 2 N–H and O–H groups in total. The average Bonchev–Trinajstić information content (AvgIpc) is 2.73. The third-order valence-corrected chi connectivity index (χ3v) is 6.76. The zero-order chi connectivity index (χ0) is 21.6. The summed E-state index contributed by atoms with van der Waals surface area (Å²) in [6, 6.07) is 8.98. The second-order valence-electron chi connectivity index (χ2n) is 9.16. The minimum atomic E-state index is -0.737. The molecule has 0 saturated carbocycles. The molecule has 6 nitrogen and oxygen atoms in total. The molecule has 168 valence electrons. The Balaban J connectivity index is 1.56. The first-order valence-corrected chi connectivity index (χ1v) is 11.3. The number of carbonyl (C=O) groups excluding carboxylic acids is 1. The fraction of sp³-hybridized carbons (Fsp3) is 0.708. The molecular weight excluding hydrogens is 380 g/mol. The molecule has 1 unspecified atom stereocenters. The van der Waals surface area contributed by atoms with Gasteiger partial charge in [0.2, 0.25) is 5.91 Å². The number of unbranched alkanes of at least 4 members (excludes halogenated alkanes) is 1. The van der Waals surface area contributed by atoms with Crippen LogP contribution in [0.1, 0.15) is 57.1 Å². The van der Waals surface area contributed by atoms with Crippen molar-refractivity contribution in [1.82, 2.24) is 10.2 Å². The number of aliphatic hydroxyl groups is 1. The Hall–Kier alpha value is -1.47. The van der Waals surface area contributed by atoms with Crippen LogP contribution in [0.15, 0.2) is 24.3 Å². The maximum Gasteiger partial charge on any atom is 0.246 e. The number of methoxy groups -OCH3 is 1. The summed E-state index contributed by atoms with van der Waals surface area (Å²) >= 11 is 0. The van der Waals surface area contributed by atoms with E-state index in [1.54, 1.807) is 0 Å². The highest BCUT2D eigenvalue weighted by molar-refractivity contribution is 5.78. The van der Waals surface area contributed by atoms with Crippen LogP contribution in [-0.2, 0) is 27.2 Å². The van der Waals surface area contributed by atoms with E-state index < -0.39 is 17.2 Å². The number of hydrogen-bond acceptors (Lipinski definition) is 5. The van der Waals surface area contributed by atoms with E-state index >= 15 is 0 Å². The van der Waals surface area contributed by atoms with Crippen LogP contribution >= 0.6 is 0 Å². The number of piperidine rings is 1. The van der Waals surface area contributed by atoms with Gasteiger partial charge in [0.25, 0.3) is 0 Å². The monoisotopic (exact) mass is 418 g/mol. The van der Waals surface area contributed by atoms with Gasteiger partial charge in [-0.2, -0.15) is 0 Å². The SMILES string of the molecule is CCCCc1ccc(CN2CCC3(CC2)OCC[C@@](C)(NC(=O)COC)C3O)cc1. The van der Waals surface area contributed by atoms with E-state index in [0.29, 0.717) is 13.0 Å². The smallest absolute Gasteiger partial charge is 0.246 e. The van der Waals surface area contributed by atoms with E-state index in [9.17, 15) is 9.90 Å². The number of aliphatic hydroxyl groups excluding tert-OH is 1. The lowest BCUT2D eigenvalue weighted by Crippen LogP contribution is -2.69. The number of benzene rings is 1. The fourth-order valence-electron chi connectivity index (χ4n) is 4.84. The summed E-state index contributed by atoms with van der Waals surface area (Å²) in [7, 11) is 1.50. The number of rotatable bonds is 8. The maximum atomic E-state index is 12.1. The van der Waals surface area contributed by atoms with Gasteiger partial charge in [0.05, 0.1) is 11.1 Å². The second-order valence-corrected chi connectivity index (χ2v) is 9.16. The molecule has 0 bridgehead atoms. The van der Waals surface area contributed by atoms with Crippen LogP contribution in [0, 0.1) is 0 Å². The minimum absolute atomic E-state index is 0.00117. The van der Waals surface area contributed by atoms with Gasteiger partial charge in [-0.25, -0.2) is 0 Å². The van der Waals surface area contributed by atoms with Gasteiger partial charge in [-0.3, -0.25) is 9.69 Å². The molecule has 1 aromatic rings. The average molecular weight is 419 g/mol. The van der Waals surface area contributed by atoms with Crippen LogP contribution in [0.2, 0.25) is 0 Å². The molecule has 2 aliphatic rings. The second kappa shape index (κ2) is 10.2. The van der Waals surface area contributed by atoms with Crippen molar-refractivity contribution in [2.24, 2.45) is 0 Å². The van der Waals surface area contributed by atoms with Crippen LogP contribution < -0.4 is 5.32 Å². The molecule has 3 rings (SSSR count). The first-order valence-electron chi connectivity index (χ1n) is 11.3. The van der Waals surface area contributed by atoms with Gasteiger partial charge in [-0.1, -0.05) is 37.6 Å². The summed E-state index contributed by atoms with van der Waals surface area (Å²) in [5, 5.41) is 14.2. The molecule has 1 spiro atoms. The maximum absolute atomic E-state index is 12.1. The summed E-state index contributed by atoms with van der Waals surface area (Å²) in [6.07, 6.45) is 5.00. The number of nitrogens with zero attached hydrogens (tertiary/aromatic N) is 1. The molecule has 1 amide bonds. The topological polar surface area (TPSA) is 71.0 Å². The van der Waals surface area contributed by atoms with Crippen LogP contribution in [0.4, 0.5) is 0 Å². The van der Waals surface area contributed by atoms with Gasteiger partial charge in [0.1, 0.15) is 12.7 Å². The normalized spacial score (nSPS) is 26.6. The highest BCUT2D eigenvalue weighted by Gasteiger charge is 2.53. The first-order chi connectivity index (χ1) is 14.4. The molecule has 1 aromatic carbocycles. The number of amides is 1. The van der Waals surface area contributed by atoms with E-state index in [-0.39, 0.29) is 12.5 Å². The lowest BCUT2D eigenvalue weighted by Gasteiger charge is -2.53. The summed E-state index contributed by atoms with van der Waals surface area (Å²) in [4.78, 5) is 14.5. The lowest BCUT2D eigenvalue weighted by atomic mass is 9.73. The molecule has 30 heavy (non-hydrogen) atoms. The Labute approximate surface area is 180 Å². The van der Waals surface area contributed by atoms with Crippen molar-refractivity contribution in [3.05, 3.63) is 35.4 Å². The van der Waals surface area contributed by atoms with Gasteiger partial charge >= 0.3 is 0 Å².